The molecule has 2 heterocycles. The highest BCUT2D eigenvalue weighted by molar-refractivity contribution is 5.91. The van der Waals surface area contributed by atoms with Crippen molar-refractivity contribution in [3.63, 3.8) is 0 Å². The van der Waals surface area contributed by atoms with Gasteiger partial charge in [0.1, 0.15) is 18.1 Å². The van der Waals surface area contributed by atoms with E-state index in [1.165, 1.54) is 24.0 Å². The number of carbonyl (C=O) groups excluding carboxylic acids is 2. The molecule has 0 spiro atoms. The second kappa shape index (κ2) is 10.8. The summed E-state index contributed by atoms with van der Waals surface area (Å²) in [6, 6.07) is 17.9. The number of rotatable bonds is 9. The molecular formula is C31H36N2O4. The first-order chi connectivity index (χ1) is 17.9. The molecule has 194 valence electrons. The third-order valence-electron chi connectivity index (χ3n) is 7.16. The molecule has 1 unspecified atom stereocenters. The van der Waals surface area contributed by atoms with Crippen LogP contribution in [0.15, 0.2) is 59.0 Å². The first kappa shape index (κ1) is 25.1. The fourth-order valence-electron chi connectivity index (χ4n) is 4.90. The van der Waals surface area contributed by atoms with E-state index in [4.69, 9.17) is 9.15 Å². The molecule has 3 aromatic rings. The third kappa shape index (κ3) is 6.07. The van der Waals surface area contributed by atoms with E-state index >= 15 is 0 Å². The van der Waals surface area contributed by atoms with Crippen molar-refractivity contribution in [2.75, 3.05) is 13.1 Å². The van der Waals surface area contributed by atoms with E-state index < -0.39 is 0 Å². The van der Waals surface area contributed by atoms with Crippen molar-refractivity contribution in [2.45, 2.75) is 59.1 Å². The summed E-state index contributed by atoms with van der Waals surface area (Å²) >= 11 is 0. The molecule has 2 aliphatic rings. The van der Waals surface area contributed by atoms with E-state index in [1.807, 2.05) is 11.0 Å². The average molecular weight is 501 g/mol. The Morgan fingerprint density at radius 1 is 1.08 bits per heavy atom. The first-order valence-corrected chi connectivity index (χ1v) is 13.4. The van der Waals surface area contributed by atoms with Crippen LogP contribution >= 0.6 is 0 Å². The van der Waals surface area contributed by atoms with Gasteiger partial charge in [0.25, 0.3) is 5.91 Å². The van der Waals surface area contributed by atoms with E-state index in [2.05, 4.69) is 62.5 Å². The number of ether oxygens (including phenoxy) is 1. The number of benzene rings is 2. The third-order valence-corrected chi connectivity index (χ3v) is 7.16. The number of furan rings is 1. The topological polar surface area (TPSA) is 71.8 Å². The summed E-state index contributed by atoms with van der Waals surface area (Å²) in [6.07, 6.45) is 3.72. The van der Waals surface area contributed by atoms with Crippen LogP contribution in [0.25, 0.3) is 0 Å². The highest BCUT2D eigenvalue weighted by Gasteiger charge is 2.32. The lowest BCUT2D eigenvalue weighted by atomic mass is 9.87. The molecule has 1 aliphatic carbocycles. The molecule has 0 radical (unpaired) electrons. The van der Waals surface area contributed by atoms with Crippen LogP contribution in [-0.2, 0) is 17.8 Å². The number of hydrogen-bond acceptors (Lipinski definition) is 4. The standard InChI is InChI=1S/C31H36N2O4/c1-20(2)16-29(34)33-15-14-23-10-11-25(17-27(23)30(33)24-8-4-21(3)5-9-24)36-19-26-12-13-28(37-26)31(35)32-18-22-6-7-22/h4-5,8-13,17,20,22,30H,6-7,14-16,18-19H2,1-3H3,(H,32,35). The van der Waals surface area contributed by atoms with Crippen molar-refractivity contribution in [1.82, 2.24) is 10.2 Å². The van der Waals surface area contributed by atoms with Crippen LogP contribution in [0.4, 0.5) is 0 Å². The maximum atomic E-state index is 13.3. The van der Waals surface area contributed by atoms with Gasteiger partial charge in [-0.1, -0.05) is 49.7 Å². The minimum absolute atomic E-state index is 0.149. The molecule has 2 aromatic carbocycles. The van der Waals surface area contributed by atoms with Crippen LogP contribution in [0, 0.1) is 18.8 Å². The predicted octanol–water partition coefficient (Wildman–Crippen LogP) is 5.83. The number of fused-ring (bicyclic) bond motifs is 1. The summed E-state index contributed by atoms with van der Waals surface area (Å²) in [5, 5.41) is 2.93. The molecule has 1 atom stereocenters. The molecule has 0 bridgehead atoms. The SMILES string of the molecule is Cc1ccc(C2c3cc(OCc4ccc(C(=O)NCC5CC5)o4)ccc3CCN2C(=O)CC(C)C)cc1. The van der Waals surface area contributed by atoms with Crippen molar-refractivity contribution in [2.24, 2.45) is 11.8 Å². The van der Waals surface area contributed by atoms with E-state index in [9.17, 15) is 9.59 Å². The van der Waals surface area contributed by atoms with Gasteiger partial charge in [0.2, 0.25) is 5.91 Å². The monoisotopic (exact) mass is 500 g/mol. The molecule has 6 heteroatoms. The van der Waals surface area contributed by atoms with Crippen LogP contribution in [0.1, 0.15) is 77.7 Å². The molecule has 37 heavy (non-hydrogen) atoms. The Morgan fingerprint density at radius 2 is 1.86 bits per heavy atom. The van der Waals surface area contributed by atoms with Gasteiger partial charge in [0, 0.05) is 19.5 Å². The zero-order valence-electron chi connectivity index (χ0n) is 22.0. The summed E-state index contributed by atoms with van der Waals surface area (Å²) in [5.41, 5.74) is 4.63. The van der Waals surface area contributed by atoms with Crippen LogP contribution < -0.4 is 10.1 Å². The highest BCUT2D eigenvalue weighted by Crippen LogP contribution is 2.38. The molecule has 1 aliphatic heterocycles. The molecule has 0 saturated heterocycles. The van der Waals surface area contributed by atoms with Crippen molar-refractivity contribution in [3.8, 4) is 5.75 Å². The molecular weight excluding hydrogens is 464 g/mol. The van der Waals surface area contributed by atoms with Gasteiger partial charge in [-0.15, -0.1) is 0 Å². The number of amides is 2. The van der Waals surface area contributed by atoms with E-state index in [1.54, 1.807) is 12.1 Å². The van der Waals surface area contributed by atoms with Gasteiger partial charge in [0.05, 0.1) is 6.04 Å². The minimum Gasteiger partial charge on any atom is -0.486 e. The van der Waals surface area contributed by atoms with Gasteiger partial charge in [-0.3, -0.25) is 9.59 Å². The fraction of sp³-hybridized carbons (Fsp3) is 0.419. The molecule has 1 saturated carbocycles. The van der Waals surface area contributed by atoms with E-state index in [0.29, 0.717) is 48.6 Å². The Balaban J connectivity index is 1.34. The molecule has 1 fully saturated rings. The summed E-state index contributed by atoms with van der Waals surface area (Å²) in [4.78, 5) is 27.6. The van der Waals surface area contributed by atoms with Crippen molar-refractivity contribution >= 4 is 11.8 Å². The first-order valence-electron chi connectivity index (χ1n) is 13.4. The summed E-state index contributed by atoms with van der Waals surface area (Å²) in [5.74, 6) is 2.54. The Morgan fingerprint density at radius 3 is 2.59 bits per heavy atom. The number of hydrogen-bond donors (Lipinski definition) is 1. The second-order valence-corrected chi connectivity index (χ2v) is 10.8. The zero-order chi connectivity index (χ0) is 25.9. The lowest BCUT2D eigenvalue weighted by Crippen LogP contribution is -2.41. The highest BCUT2D eigenvalue weighted by atomic mass is 16.5. The Kier molecular flexibility index (Phi) is 7.36. The second-order valence-electron chi connectivity index (χ2n) is 10.8. The lowest BCUT2D eigenvalue weighted by molar-refractivity contribution is -0.134. The number of nitrogens with zero attached hydrogens (tertiary/aromatic N) is 1. The lowest BCUT2D eigenvalue weighted by Gasteiger charge is -2.38. The summed E-state index contributed by atoms with van der Waals surface area (Å²) < 4.78 is 11.8. The molecule has 5 rings (SSSR count). The van der Waals surface area contributed by atoms with Gasteiger partial charge in [0.15, 0.2) is 5.76 Å². The Bertz CT molecular complexity index is 1260. The van der Waals surface area contributed by atoms with E-state index in [0.717, 1.165) is 17.5 Å². The summed E-state index contributed by atoms with van der Waals surface area (Å²) in [6.45, 7) is 7.87. The van der Waals surface area contributed by atoms with E-state index in [-0.39, 0.29) is 24.5 Å². The maximum Gasteiger partial charge on any atom is 0.287 e. The fourth-order valence-corrected chi connectivity index (χ4v) is 4.90. The van der Waals surface area contributed by atoms with Crippen LogP contribution in [-0.4, -0.2) is 29.8 Å². The molecule has 1 aromatic heterocycles. The van der Waals surface area contributed by atoms with Crippen molar-refractivity contribution in [1.29, 1.82) is 0 Å². The average Bonchev–Trinajstić information content (AvgIpc) is 3.60. The van der Waals surface area contributed by atoms with Crippen LogP contribution in [0.5, 0.6) is 5.75 Å². The van der Waals surface area contributed by atoms with Gasteiger partial charge in [-0.2, -0.15) is 0 Å². The Hall–Kier alpha value is -3.54. The number of aryl methyl sites for hydroxylation is 1. The minimum atomic E-state index is -0.181. The van der Waals surface area contributed by atoms with Crippen molar-refractivity contribution in [3.05, 3.63) is 88.4 Å². The van der Waals surface area contributed by atoms with Crippen molar-refractivity contribution < 1.29 is 18.7 Å². The van der Waals surface area contributed by atoms with Gasteiger partial charge in [-0.25, -0.2) is 0 Å². The van der Waals surface area contributed by atoms with Gasteiger partial charge < -0.3 is 19.4 Å². The largest absolute Gasteiger partial charge is 0.486 e. The van der Waals surface area contributed by atoms with Gasteiger partial charge >= 0.3 is 0 Å². The normalized spacial score (nSPS) is 17.0. The maximum absolute atomic E-state index is 13.3. The predicted molar refractivity (Wildman–Crippen MR) is 142 cm³/mol. The number of carbonyl (C=O) groups is 2. The smallest absolute Gasteiger partial charge is 0.287 e. The van der Waals surface area contributed by atoms with Gasteiger partial charge in [-0.05, 0) is 79.0 Å². The van der Waals surface area contributed by atoms with Crippen LogP contribution in [0.3, 0.4) is 0 Å². The molecule has 1 N–H and O–H groups in total. The molecule has 2 amide bonds. The van der Waals surface area contributed by atoms with Crippen LogP contribution in [0.2, 0.25) is 0 Å². The Labute approximate surface area is 219 Å². The quantitative estimate of drug-likeness (QED) is 0.401. The zero-order valence-corrected chi connectivity index (χ0v) is 22.0. The summed E-state index contributed by atoms with van der Waals surface area (Å²) in [7, 11) is 0. The number of nitrogens with one attached hydrogen (secondary N) is 1. The molecule has 6 nitrogen and oxygen atoms in total.